The number of fused-ring (bicyclic) bond motifs is 2. The van der Waals surface area contributed by atoms with Crippen molar-refractivity contribution in [3.8, 4) is 11.5 Å². The van der Waals surface area contributed by atoms with Gasteiger partial charge >= 0.3 is 0 Å². The third-order valence-electron chi connectivity index (χ3n) is 10.6. The summed E-state index contributed by atoms with van der Waals surface area (Å²) in [5.41, 5.74) is 2.78. The minimum atomic E-state index is -1.31. The van der Waals surface area contributed by atoms with Gasteiger partial charge in [-0.1, -0.05) is 42.8 Å². The number of aliphatic hydroxyl groups excluding tert-OH is 3. The zero-order valence-electron chi connectivity index (χ0n) is 30.3. The number of rotatable bonds is 23. The Bertz CT molecular complexity index is 1380. The molecular weight excluding hydrogens is 652 g/mol. The van der Waals surface area contributed by atoms with Crippen LogP contribution in [0.4, 0.5) is 0 Å². The number of benzene rings is 1. The van der Waals surface area contributed by atoms with Crippen LogP contribution in [0.3, 0.4) is 0 Å². The Labute approximate surface area is 302 Å². The predicted molar refractivity (Wildman–Crippen MR) is 195 cm³/mol. The fourth-order valence-corrected chi connectivity index (χ4v) is 8.35. The van der Waals surface area contributed by atoms with E-state index in [1.54, 1.807) is 12.2 Å². The molecule has 11 nitrogen and oxygen atoms in total. The van der Waals surface area contributed by atoms with Crippen LogP contribution in [0.15, 0.2) is 60.3 Å². The molecule has 1 aliphatic heterocycles. The van der Waals surface area contributed by atoms with Gasteiger partial charge in [-0.3, -0.25) is 4.79 Å². The molecule has 6 atom stereocenters. The first kappa shape index (κ1) is 39.0. The Kier molecular flexibility index (Phi) is 14.6. The van der Waals surface area contributed by atoms with E-state index in [-0.39, 0.29) is 75.1 Å². The minimum absolute atomic E-state index is 0.0358. The summed E-state index contributed by atoms with van der Waals surface area (Å²) in [6.45, 7) is 11.5. The Balaban J connectivity index is 1.74. The fraction of sp³-hybridized carbons (Fsp3) is 0.650. The highest BCUT2D eigenvalue weighted by Crippen LogP contribution is 2.62. The molecule has 1 aromatic rings. The topological polar surface area (TPSA) is 140 Å². The van der Waals surface area contributed by atoms with Crippen LogP contribution in [0.5, 0.6) is 11.5 Å². The molecule has 11 heteroatoms. The third kappa shape index (κ3) is 8.88. The molecule has 0 saturated heterocycles. The summed E-state index contributed by atoms with van der Waals surface area (Å²) in [6, 6.07) is 5.34. The molecule has 5 rings (SSSR count). The van der Waals surface area contributed by atoms with Crippen LogP contribution in [-0.4, -0.2) is 103 Å². The molecule has 1 amide bonds. The molecule has 0 unspecified atom stereocenters. The highest BCUT2D eigenvalue weighted by molar-refractivity contribution is 6.03. The summed E-state index contributed by atoms with van der Waals surface area (Å²) in [7, 11) is 0. The second kappa shape index (κ2) is 19.0. The Morgan fingerprint density at radius 2 is 1.80 bits per heavy atom. The molecule has 0 bridgehead atoms. The second-order valence-corrected chi connectivity index (χ2v) is 13.9. The van der Waals surface area contributed by atoms with E-state index in [1.807, 2.05) is 24.0 Å². The summed E-state index contributed by atoms with van der Waals surface area (Å²) < 4.78 is 26.0. The van der Waals surface area contributed by atoms with Crippen molar-refractivity contribution in [1.29, 1.82) is 0 Å². The third-order valence-corrected chi connectivity index (χ3v) is 10.6. The van der Waals surface area contributed by atoms with Gasteiger partial charge in [-0.25, -0.2) is 0 Å². The van der Waals surface area contributed by atoms with Gasteiger partial charge in [-0.05, 0) is 81.1 Å². The maximum atomic E-state index is 14.3. The second-order valence-electron chi connectivity index (χ2n) is 13.9. The molecule has 4 aliphatic rings. The van der Waals surface area contributed by atoms with Gasteiger partial charge in [0.05, 0.1) is 38.1 Å². The number of carbonyl (C=O) groups excluding carboxylic acids is 1. The number of ether oxygens (including phenoxy) is 4. The van der Waals surface area contributed by atoms with Gasteiger partial charge in [0.1, 0.15) is 30.8 Å². The average molecular weight is 711 g/mol. The lowest BCUT2D eigenvalue weighted by Crippen LogP contribution is -2.70. The van der Waals surface area contributed by atoms with E-state index in [1.165, 1.54) is 0 Å². The van der Waals surface area contributed by atoms with Gasteiger partial charge in [0, 0.05) is 43.6 Å². The Hall–Kier alpha value is -3.22. The smallest absolute Gasteiger partial charge is 0.239 e. The normalized spacial score (nSPS) is 27.1. The van der Waals surface area contributed by atoms with Crippen LogP contribution < -0.4 is 9.47 Å². The molecule has 1 aromatic carbocycles. The van der Waals surface area contributed by atoms with Crippen LogP contribution in [0.2, 0.25) is 0 Å². The molecule has 2 fully saturated rings. The molecule has 0 spiro atoms. The summed E-state index contributed by atoms with van der Waals surface area (Å²) in [5.74, 6) is -0.186. The molecule has 0 radical (unpaired) electrons. The van der Waals surface area contributed by atoms with E-state index in [2.05, 4.69) is 25.3 Å². The molecule has 2 saturated carbocycles. The molecular formula is C40H58N2O9. The minimum Gasteiger partial charge on any atom is -0.490 e. The maximum absolute atomic E-state index is 14.3. The predicted octanol–water partition coefficient (Wildman–Crippen LogP) is 5.15. The van der Waals surface area contributed by atoms with E-state index in [0.717, 1.165) is 55.4 Å². The standard InChI is InChI=1S/C40H58N2O9/c1-4-21-48-30-15-16-35-33(26-30)37-31(12-8-10-19-44)29(11-7-9-18-43)25-32-34(41-50-6-3)27-36(40(51-35,38(32)37)49-22-5-2)42(17-23-47-24-20-45)39(46)28-13-14-28/h4-5,15-16,25-26,28-29,31,36-38,43-45H,1-2,6-14,17-24,27H2,3H3/t29-,31+,36-,37+,38+,40+/m0/s1. The van der Waals surface area contributed by atoms with Crippen molar-refractivity contribution < 1.29 is 43.9 Å². The van der Waals surface area contributed by atoms with Gasteiger partial charge in [0.2, 0.25) is 11.7 Å². The van der Waals surface area contributed by atoms with Crippen molar-refractivity contribution in [3.05, 3.63) is 60.7 Å². The van der Waals surface area contributed by atoms with E-state index in [0.29, 0.717) is 50.5 Å². The van der Waals surface area contributed by atoms with Crippen molar-refractivity contribution in [3.63, 3.8) is 0 Å². The van der Waals surface area contributed by atoms with Gasteiger partial charge in [0.25, 0.3) is 0 Å². The van der Waals surface area contributed by atoms with Crippen molar-refractivity contribution in [1.82, 2.24) is 4.90 Å². The summed E-state index contributed by atoms with van der Waals surface area (Å²) in [4.78, 5) is 22.0. The van der Waals surface area contributed by atoms with Crippen LogP contribution >= 0.6 is 0 Å². The molecule has 282 valence electrons. The number of amides is 1. The van der Waals surface area contributed by atoms with Crippen LogP contribution in [0, 0.1) is 23.7 Å². The van der Waals surface area contributed by atoms with Gasteiger partial charge in [-0.2, -0.15) is 0 Å². The summed E-state index contributed by atoms with van der Waals surface area (Å²) in [6.07, 6.45) is 12.6. The van der Waals surface area contributed by atoms with E-state index >= 15 is 0 Å². The van der Waals surface area contributed by atoms with E-state index < -0.39 is 11.8 Å². The Morgan fingerprint density at radius 3 is 2.49 bits per heavy atom. The van der Waals surface area contributed by atoms with Crippen molar-refractivity contribution in [2.24, 2.45) is 28.8 Å². The first-order valence-electron chi connectivity index (χ1n) is 18.9. The molecule has 3 N–H and O–H groups in total. The monoisotopic (exact) mass is 710 g/mol. The number of nitrogens with zero attached hydrogens (tertiary/aromatic N) is 2. The van der Waals surface area contributed by atoms with Gasteiger partial charge in [0.15, 0.2) is 0 Å². The number of oxime groups is 1. The highest BCUT2D eigenvalue weighted by Gasteiger charge is 2.65. The first-order valence-corrected chi connectivity index (χ1v) is 18.9. The van der Waals surface area contributed by atoms with Crippen LogP contribution in [-0.2, 0) is 19.1 Å². The number of hydrogen-bond donors (Lipinski definition) is 3. The molecule has 1 heterocycles. The van der Waals surface area contributed by atoms with Gasteiger partial charge in [-0.15, -0.1) is 6.58 Å². The summed E-state index contributed by atoms with van der Waals surface area (Å²) >= 11 is 0. The number of unbranched alkanes of at least 4 members (excludes halogenated alkanes) is 2. The average Bonchev–Trinajstić information content (AvgIpc) is 4.00. The number of allylic oxidation sites excluding steroid dienone is 1. The maximum Gasteiger partial charge on any atom is 0.239 e. The molecule has 0 aromatic heterocycles. The van der Waals surface area contributed by atoms with Crippen LogP contribution in [0.25, 0.3) is 0 Å². The van der Waals surface area contributed by atoms with E-state index in [4.69, 9.17) is 28.9 Å². The molecule has 3 aliphatic carbocycles. The van der Waals surface area contributed by atoms with Crippen LogP contribution in [0.1, 0.15) is 76.2 Å². The zero-order valence-corrected chi connectivity index (χ0v) is 30.3. The lowest BCUT2D eigenvalue weighted by Gasteiger charge is -2.60. The van der Waals surface area contributed by atoms with Crippen molar-refractivity contribution in [2.45, 2.75) is 82.5 Å². The largest absolute Gasteiger partial charge is 0.490 e. The Morgan fingerprint density at radius 1 is 1.04 bits per heavy atom. The first-order chi connectivity index (χ1) is 25.0. The number of carbonyl (C=O) groups is 1. The fourth-order valence-electron chi connectivity index (χ4n) is 8.35. The SMILES string of the molecule is C=CCOc1ccc2c(c1)[C@H]1[C@H](CCCCO)[C@@H](CCCCO)C=C3C(=NOCC)C[C@H](N(CCOCCO)C(=O)C4CC4)[C@@](OCC=C)(O2)[C@H]31. The number of aliphatic hydroxyl groups is 3. The van der Waals surface area contributed by atoms with Gasteiger partial charge < -0.3 is 44.0 Å². The lowest BCUT2D eigenvalue weighted by atomic mass is 9.55. The van der Waals surface area contributed by atoms with Crippen molar-refractivity contribution in [2.75, 3.05) is 59.4 Å². The quantitative estimate of drug-likeness (QED) is 0.0800. The van der Waals surface area contributed by atoms with E-state index in [9.17, 15) is 20.1 Å². The van der Waals surface area contributed by atoms with Crippen molar-refractivity contribution >= 4 is 11.6 Å². The number of hydrogen-bond acceptors (Lipinski definition) is 10. The zero-order chi connectivity index (χ0) is 36.2. The summed E-state index contributed by atoms with van der Waals surface area (Å²) in [5, 5.41) is 33.7. The highest BCUT2D eigenvalue weighted by atomic mass is 16.7. The molecule has 51 heavy (non-hydrogen) atoms. The lowest BCUT2D eigenvalue weighted by molar-refractivity contribution is -0.258.